The maximum Gasteiger partial charge on any atom is 0.428 e. The van der Waals surface area contributed by atoms with E-state index < -0.39 is 79.8 Å². The molecule has 0 aliphatic carbocycles. The van der Waals surface area contributed by atoms with E-state index >= 15 is 0 Å². The summed E-state index contributed by atoms with van der Waals surface area (Å²) >= 11 is 0. The summed E-state index contributed by atoms with van der Waals surface area (Å²) in [5.74, 6) is -7.15. The maximum absolute atomic E-state index is 13.7. The molecule has 162 valence electrons. The molecular weight excluding hydrogens is 451 g/mol. The van der Waals surface area contributed by atoms with E-state index in [2.05, 4.69) is 0 Å². The van der Waals surface area contributed by atoms with Gasteiger partial charge in [0.2, 0.25) is 0 Å². The number of hydrogen-bond donors (Lipinski definition) is 0. The normalized spacial score (nSPS) is 20.1. The average Bonchev–Trinajstić information content (AvgIpc) is 2.44. The molecule has 0 atom stereocenters. The average molecular weight is 461 g/mol. The lowest BCUT2D eigenvalue weighted by molar-refractivity contribution is -0.247. The van der Waals surface area contributed by atoms with Crippen LogP contribution < -0.4 is 0 Å². The number of alkyl halides is 9. The largest absolute Gasteiger partial charge is 0.743 e. The molecule has 0 unspecified atom stereocenters. The lowest BCUT2D eigenvalue weighted by atomic mass is 10.3. The molecule has 0 aromatic rings. The monoisotopic (exact) mass is 461 g/mol. The van der Waals surface area contributed by atoms with Gasteiger partial charge in [-0.2, -0.15) is 43.8 Å². The highest BCUT2D eigenvalue weighted by molar-refractivity contribution is 7.90. The number of piperazine rings is 1. The van der Waals surface area contributed by atoms with E-state index in [1.54, 1.807) is 0 Å². The van der Waals surface area contributed by atoms with Crippen LogP contribution in [0.3, 0.4) is 0 Å². The molecule has 0 amide bonds. The summed E-state index contributed by atoms with van der Waals surface area (Å²) in [4.78, 5) is 0.541. The molecule has 1 aliphatic heterocycles. The summed E-state index contributed by atoms with van der Waals surface area (Å²) in [7, 11) is -14.1. The highest BCUT2D eigenvalue weighted by atomic mass is 32.2. The van der Waals surface area contributed by atoms with Crippen LogP contribution in [0.2, 0.25) is 0 Å². The van der Waals surface area contributed by atoms with Crippen LogP contribution in [0.1, 0.15) is 0 Å². The fourth-order valence-corrected chi connectivity index (χ4v) is 3.96. The van der Waals surface area contributed by atoms with Gasteiger partial charge in [-0.05, 0) is 0 Å². The van der Waals surface area contributed by atoms with Crippen molar-refractivity contribution < 1.29 is 60.9 Å². The van der Waals surface area contributed by atoms with Crippen LogP contribution in [0, 0.1) is 0 Å². The first-order valence-corrected chi connectivity index (χ1v) is 9.41. The van der Waals surface area contributed by atoms with Gasteiger partial charge < -0.3 is 4.55 Å². The molecule has 1 saturated heterocycles. The first-order valence-electron chi connectivity index (χ1n) is 6.56. The van der Waals surface area contributed by atoms with Gasteiger partial charge in [0.1, 0.15) is 0 Å². The minimum atomic E-state index is -7.39. The van der Waals surface area contributed by atoms with E-state index in [0.29, 0.717) is 4.90 Å². The van der Waals surface area contributed by atoms with Crippen molar-refractivity contribution >= 4 is 20.1 Å². The Morgan fingerprint density at radius 3 is 1.48 bits per heavy atom. The smallest absolute Gasteiger partial charge is 0.428 e. The summed E-state index contributed by atoms with van der Waals surface area (Å²) in [6.07, 6.45) is -4.73. The third kappa shape index (κ3) is 4.28. The molecule has 1 rings (SSSR count). The molecule has 0 spiro atoms. The summed E-state index contributed by atoms with van der Waals surface area (Å²) in [5.41, 5.74) is 0. The van der Waals surface area contributed by atoms with E-state index in [-0.39, 0.29) is 0 Å². The number of rotatable bonds is 6. The maximum atomic E-state index is 13.7. The zero-order valence-electron chi connectivity index (χ0n) is 12.7. The molecule has 1 fully saturated rings. The van der Waals surface area contributed by atoms with E-state index in [1.165, 1.54) is 0 Å². The molecule has 0 N–H and O–H groups in total. The highest BCUT2D eigenvalue weighted by Crippen LogP contribution is 2.51. The second-order valence-electron chi connectivity index (χ2n) is 5.36. The summed E-state index contributed by atoms with van der Waals surface area (Å²) in [6.45, 7) is -5.66. The van der Waals surface area contributed by atoms with Gasteiger partial charge in [-0.25, -0.2) is 16.8 Å². The minimum Gasteiger partial charge on any atom is -0.743 e. The molecule has 0 saturated carbocycles. The number of nitrogens with zero attached hydrogens (tertiary/aromatic N) is 2. The Labute approximate surface area is 146 Å². The van der Waals surface area contributed by atoms with Crippen LogP contribution in [-0.2, 0) is 20.1 Å². The van der Waals surface area contributed by atoms with Crippen molar-refractivity contribution in [3.8, 4) is 0 Å². The highest BCUT2D eigenvalue weighted by Gasteiger charge is 2.80. The second-order valence-corrected chi connectivity index (χ2v) is 8.76. The Kier molecular flexibility index (Phi) is 6.17. The van der Waals surface area contributed by atoms with Crippen LogP contribution in [0.4, 0.5) is 39.5 Å². The lowest BCUT2D eigenvalue weighted by Crippen LogP contribution is -2.64. The first-order chi connectivity index (χ1) is 11.7. The first kappa shape index (κ1) is 24.2. The van der Waals surface area contributed by atoms with Crippen molar-refractivity contribution in [2.45, 2.75) is 22.6 Å². The number of sulfonamides is 1. The van der Waals surface area contributed by atoms with Gasteiger partial charge in [0.15, 0.2) is 10.1 Å². The van der Waals surface area contributed by atoms with Crippen molar-refractivity contribution in [1.82, 2.24) is 9.21 Å². The van der Waals surface area contributed by atoms with Crippen molar-refractivity contribution in [3.63, 3.8) is 0 Å². The van der Waals surface area contributed by atoms with E-state index in [4.69, 9.17) is 0 Å². The fraction of sp³-hybridized carbons (Fsp3) is 1.00. The van der Waals surface area contributed by atoms with Crippen LogP contribution in [0.5, 0.6) is 0 Å². The Bertz CT molecular complexity index is 757. The number of halogens is 9. The Morgan fingerprint density at radius 1 is 0.741 bits per heavy atom. The Balaban J connectivity index is 3.13. The quantitative estimate of drug-likeness (QED) is 0.430. The standard InChI is InChI=1S/C9H11F9N2O5S2/c10-6(11,12)5-19-1-3-20(4-2-19)26(21,22)8(15,16)7(13,14)9(17,18)27(23,24)25/h1-5H2,(H,23,24,25)/p-1. The van der Waals surface area contributed by atoms with Crippen molar-refractivity contribution in [2.75, 3.05) is 32.7 Å². The molecule has 7 nitrogen and oxygen atoms in total. The van der Waals surface area contributed by atoms with Gasteiger partial charge in [-0.1, -0.05) is 0 Å². The van der Waals surface area contributed by atoms with Crippen LogP contribution in [0.15, 0.2) is 0 Å². The molecule has 0 bridgehead atoms. The van der Waals surface area contributed by atoms with E-state index in [9.17, 15) is 60.9 Å². The molecule has 18 heteroatoms. The molecule has 27 heavy (non-hydrogen) atoms. The Hall–Kier alpha value is -0.850. The van der Waals surface area contributed by atoms with Gasteiger partial charge >= 0.3 is 22.6 Å². The number of hydrogen-bond acceptors (Lipinski definition) is 6. The zero-order chi connectivity index (χ0) is 21.7. The topological polar surface area (TPSA) is 97.8 Å². The van der Waals surface area contributed by atoms with E-state index in [1.807, 2.05) is 0 Å². The predicted octanol–water partition coefficient (Wildman–Crippen LogP) is 0.862. The molecule has 0 radical (unpaired) electrons. The molecule has 1 heterocycles. The predicted molar refractivity (Wildman–Crippen MR) is 67.5 cm³/mol. The van der Waals surface area contributed by atoms with Crippen molar-refractivity contribution in [3.05, 3.63) is 0 Å². The lowest BCUT2D eigenvalue weighted by Gasteiger charge is -2.38. The summed E-state index contributed by atoms with van der Waals surface area (Å²) in [5, 5.41) is -13.7. The molecule has 0 aromatic carbocycles. The van der Waals surface area contributed by atoms with Gasteiger partial charge in [0.05, 0.1) is 6.54 Å². The van der Waals surface area contributed by atoms with E-state index in [0.717, 1.165) is 0 Å². The minimum absolute atomic E-state index is 0.485. The summed E-state index contributed by atoms with van der Waals surface area (Å²) in [6, 6.07) is 0. The van der Waals surface area contributed by atoms with Crippen LogP contribution in [-0.4, -0.2) is 85.9 Å². The molecule has 0 aromatic heterocycles. The molecule has 1 aliphatic rings. The third-order valence-electron chi connectivity index (χ3n) is 3.44. The van der Waals surface area contributed by atoms with Gasteiger partial charge in [0.25, 0.3) is 10.0 Å². The SMILES string of the molecule is O=S(=O)([O-])C(F)(F)C(F)(F)C(F)(F)S(=O)(=O)N1CCN(CC(F)(F)F)CC1. The van der Waals surface area contributed by atoms with Crippen molar-refractivity contribution in [1.29, 1.82) is 0 Å². The van der Waals surface area contributed by atoms with Crippen LogP contribution in [0.25, 0.3) is 0 Å². The second kappa shape index (κ2) is 6.89. The fourth-order valence-electron chi connectivity index (χ4n) is 2.03. The van der Waals surface area contributed by atoms with Gasteiger partial charge in [-0.3, -0.25) is 4.90 Å². The zero-order valence-corrected chi connectivity index (χ0v) is 14.3. The van der Waals surface area contributed by atoms with Crippen molar-refractivity contribution in [2.24, 2.45) is 0 Å². The van der Waals surface area contributed by atoms with Gasteiger partial charge in [-0.15, -0.1) is 0 Å². The molecular formula is C9H10F9N2O5S2-. The third-order valence-corrected chi connectivity index (χ3v) is 6.28. The van der Waals surface area contributed by atoms with Crippen LogP contribution >= 0.6 is 0 Å². The van der Waals surface area contributed by atoms with Gasteiger partial charge in [0, 0.05) is 26.2 Å². The summed E-state index contributed by atoms with van der Waals surface area (Å²) < 4.78 is 170. The Morgan fingerprint density at radius 2 is 1.15 bits per heavy atom.